The van der Waals surface area contributed by atoms with Crippen LogP contribution in [-0.4, -0.2) is 66.7 Å². The van der Waals surface area contributed by atoms with E-state index in [1.165, 1.54) is 23.4 Å². The normalized spacial score (nSPS) is 13.9. The maximum atomic E-state index is 12.8. The fourth-order valence-corrected chi connectivity index (χ4v) is 4.41. The number of benzene rings is 1. The van der Waals surface area contributed by atoms with Gasteiger partial charge in [0.05, 0.1) is 18.8 Å². The number of hydrogen-bond acceptors (Lipinski definition) is 9. The summed E-state index contributed by atoms with van der Waals surface area (Å²) in [6.45, 7) is 4.56. The number of nitrogens with zero attached hydrogens (tertiary/aromatic N) is 8. The van der Waals surface area contributed by atoms with Crippen LogP contribution in [0, 0.1) is 5.92 Å². The molecule has 0 radical (unpaired) electrons. The van der Waals surface area contributed by atoms with Gasteiger partial charge in [-0.2, -0.15) is 10.2 Å². The lowest BCUT2D eigenvalue weighted by Crippen LogP contribution is -2.42. The van der Waals surface area contributed by atoms with Gasteiger partial charge in [0.1, 0.15) is 30.5 Å². The van der Waals surface area contributed by atoms with E-state index in [4.69, 9.17) is 4.74 Å². The molecule has 1 aromatic carbocycles. The van der Waals surface area contributed by atoms with E-state index < -0.39 is 0 Å². The molecule has 1 fully saturated rings. The Morgan fingerprint density at radius 3 is 2.58 bits per heavy atom. The first-order valence-corrected chi connectivity index (χ1v) is 12.6. The van der Waals surface area contributed by atoms with E-state index in [1.54, 1.807) is 17.1 Å². The molecule has 4 aromatic rings. The molecule has 1 aliphatic heterocycles. The Labute approximate surface area is 219 Å². The summed E-state index contributed by atoms with van der Waals surface area (Å²) < 4.78 is 8.45. The third-order valence-corrected chi connectivity index (χ3v) is 6.43. The smallest absolute Gasteiger partial charge is 0.266 e. The van der Waals surface area contributed by atoms with E-state index in [2.05, 4.69) is 35.4 Å². The third-order valence-electron chi connectivity index (χ3n) is 6.43. The summed E-state index contributed by atoms with van der Waals surface area (Å²) in [5.41, 5.74) is 1.36. The molecule has 0 bridgehead atoms. The highest BCUT2D eigenvalue weighted by Crippen LogP contribution is 2.23. The monoisotopic (exact) mass is 515 g/mol. The predicted molar refractivity (Wildman–Crippen MR) is 140 cm³/mol. The molecule has 4 heterocycles. The molecule has 12 nitrogen and oxygen atoms in total. The number of anilines is 1. The Kier molecular flexibility index (Phi) is 7.67. The van der Waals surface area contributed by atoms with Crippen LogP contribution < -0.4 is 20.5 Å². The zero-order chi connectivity index (χ0) is 26.3. The second-order valence-electron chi connectivity index (χ2n) is 8.86. The Balaban J connectivity index is 1.12. The molecule has 0 aliphatic carbocycles. The highest BCUT2D eigenvalue weighted by Gasteiger charge is 2.25. The number of ether oxygens (including phenoxy) is 1. The lowest BCUT2D eigenvalue weighted by atomic mass is 9.96. The van der Waals surface area contributed by atoms with Crippen LogP contribution in [0.2, 0.25) is 0 Å². The standard InChI is InChI=1S/C26H29N9O3/c1-2-38-21-5-3-19(4-6-21)22-7-8-25(36)34(32-22)14-11-28-26(37)20-9-12-33(13-10-20)23-15-24(30-17-29-23)35-18-27-16-31-35/h3-8,15-18,20H,2,9-14H2,1H3,(H,28,37). The molecule has 0 atom stereocenters. The lowest BCUT2D eigenvalue weighted by Gasteiger charge is -2.32. The number of hydrogen-bond donors (Lipinski definition) is 1. The van der Waals surface area contributed by atoms with Crippen LogP contribution in [0.25, 0.3) is 17.1 Å². The summed E-state index contributed by atoms with van der Waals surface area (Å²) in [5, 5.41) is 11.6. The minimum absolute atomic E-state index is 0.00800. The van der Waals surface area contributed by atoms with Crippen molar-refractivity contribution in [2.24, 2.45) is 5.92 Å². The summed E-state index contributed by atoms with van der Waals surface area (Å²) in [6, 6.07) is 12.6. The highest BCUT2D eigenvalue weighted by molar-refractivity contribution is 5.79. The van der Waals surface area contributed by atoms with Gasteiger partial charge in [0.15, 0.2) is 5.82 Å². The summed E-state index contributed by atoms with van der Waals surface area (Å²) >= 11 is 0. The number of carbonyl (C=O) groups is 1. The average Bonchev–Trinajstić information content (AvgIpc) is 3.50. The van der Waals surface area contributed by atoms with Crippen LogP contribution in [0.1, 0.15) is 19.8 Å². The number of aromatic nitrogens is 7. The van der Waals surface area contributed by atoms with Crippen molar-refractivity contribution in [3.05, 3.63) is 71.8 Å². The number of carbonyl (C=O) groups excluding carboxylic acids is 1. The summed E-state index contributed by atoms with van der Waals surface area (Å²) in [6.07, 6.45) is 5.96. The fraction of sp³-hybridized carbons (Fsp3) is 0.346. The topological polar surface area (TPSA) is 133 Å². The van der Waals surface area contributed by atoms with Gasteiger partial charge in [-0.1, -0.05) is 0 Å². The van der Waals surface area contributed by atoms with E-state index in [9.17, 15) is 9.59 Å². The van der Waals surface area contributed by atoms with Crippen molar-refractivity contribution in [3.63, 3.8) is 0 Å². The minimum Gasteiger partial charge on any atom is -0.494 e. The lowest BCUT2D eigenvalue weighted by molar-refractivity contribution is -0.125. The molecule has 196 valence electrons. The van der Waals surface area contributed by atoms with Crippen molar-refractivity contribution in [2.45, 2.75) is 26.3 Å². The zero-order valence-corrected chi connectivity index (χ0v) is 21.1. The predicted octanol–water partition coefficient (Wildman–Crippen LogP) is 1.71. The molecule has 1 saturated heterocycles. The van der Waals surface area contributed by atoms with Gasteiger partial charge < -0.3 is 15.0 Å². The molecule has 5 rings (SSSR count). The fourth-order valence-electron chi connectivity index (χ4n) is 4.41. The molecular formula is C26H29N9O3. The average molecular weight is 516 g/mol. The van der Waals surface area contributed by atoms with Gasteiger partial charge in [-0.05, 0) is 50.1 Å². The minimum atomic E-state index is -0.211. The largest absolute Gasteiger partial charge is 0.494 e. The summed E-state index contributed by atoms with van der Waals surface area (Å²) in [5.74, 6) is 2.12. The van der Waals surface area contributed by atoms with Crippen LogP contribution in [0.15, 0.2) is 66.2 Å². The Hall–Kier alpha value is -4.61. The summed E-state index contributed by atoms with van der Waals surface area (Å²) in [7, 11) is 0. The molecule has 12 heteroatoms. The van der Waals surface area contributed by atoms with Crippen molar-refractivity contribution in [3.8, 4) is 22.8 Å². The van der Waals surface area contributed by atoms with Crippen LogP contribution in [0.4, 0.5) is 5.82 Å². The van der Waals surface area contributed by atoms with Crippen LogP contribution >= 0.6 is 0 Å². The molecule has 1 N–H and O–H groups in total. The Bertz CT molecular complexity index is 1410. The number of piperidine rings is 1. The van der Waals surface area contributed by atoms with Crippen molar-refractivity contribution in [2.75, 3.05) is 31.1 Å². The first-order chi connectivity index (χ1) is 18.6. The van der Waals surface area contributed by atoms with Crippen molar-refractivity contribution in [1.82, 2.24) is 39.8 Å². The van der Waals surface area contributed by atoms with Crippen LogP contribution in [-0.2, 0) is 11.3 Å². The van der Waals surface area contributed by atoms with Gasteiger partial charge in [0, 0.05) is 43.2 Å². The molecule has 0 unspecified atom stereocenters. The van der Waals surface area contributed by atoms with Crippen molar-refractivity contribution in [1.29, 1.82) is 0 Å². The molecule has 1 aliphatic rings. The highest BCUT2D eigenvalue weighted by atomic mass is 16.5. The van der Waals surface area contributed by atoms with Crippen LogP contribution in [0.5, 0.6) is 5.75 Å². The van der Waals surface area contributed by atoms with E-state index >= 15 is 0 Å². The van der Waals surface area contributed by atoms with Gasteiger partial charge in [0.25, 0.3) is 5.56 Å². The first-order valence-electron chi connectivity index (χ1n) is 12.6. The van der Waals surface area contributed by atoms with E-state index in [0.717, 1.165) is 17.1 Å². The first kappa shape index (κ1) is 25.1. The van der Waals surface area contributed by atoms with Gasteiger partial charge >= 0.3 is 0 Å². The van der Waals surface area contributed by atoms with Crippen LogP contribution in [0.3, 0.4) is 0 Å². The molecule has 0 saturated carbocycles. The Morgan fingerprint density at radius 2 is 1.84 bits per heavy atom. The molecule has 1 amide bonds. The molecule has 0 spiro atoms. The van der Waals surface area contributed by atoms with E-state index in [1.807, 2.05) is 37.3 Å². The summed E-state index contributed by atoms with van der Waals surface area (Å²) in [4.78, 5) is 39.9. The van der Waals surface area contributed by atoms with Gasteiger partial charge in [0.2, 0.25) is 5.91 Å². The maximum absolute atomic E-state index is 12.8. The maximum Gasteiger partial charge on any atom is 0.266 e. The number of rotatable bonds is 9. The second kappa shape index (κ2) is 11.6. The number of nitrogens with one attached hydrogen (secondary N) is 1. The number of amides is 1. The van der Waals surface area contributed by atoms with E-state index in [0.29, 0.717) is 57.1 Å². The quantitative estimate of drug-likeness (QED) is 0.354. The van der Waals surface area contributed by atoms with Crippen molar-refractivity contribution >= 4 is 11.7 Å². The zero-order valence-electron chi connectivity index (χ0n) is 21.1. The third kappa shape index (κ3) is 5.85. The van der Waals surface area contributed by atoms with E-state index in [-0.39, 0.29) is 17.4 Å². The second-order valence-corrected chi connectivity index (χ2v) is 8.86. The SMILES string of the molecule is CCOc1ccc(-c2ccc(=O)n(CCNC(=O)C3CCN(c4cc(-n5cncn5)ncn4)CC3)n2)cc1. The van der Waals surface area contributed by atoms with Gasteiger partial charge in [-0.25, -0.2) is 24.3 Å². The van der Waals surface area contributed by atoms with Gasteiger partial charge in [-0.3, -0.25) is 9.59 Å². The van der Waals surface area contributed by atoms with Gasteiger partial charge in [-0.15, -0.1) is 0 Å². The molecular weight excluding hydrogens is 486 g/mol. The Morgan fingerprint density at radius 1 is 1.05 bits per heavy atom. The molecule has 3 aromatic heterocycles. The molecule has 38 heavy (non-hydrogen) atoms. The van der Waals surface area contributed by atoms with Crippen molar-refractivity contribution < 1.29 is 9.53 Å².